The molecule has 0 amide bonds. The van der Waals surface area contributed by atoms with Crippen LogP contribution in [0.25, 0.3) is 0 Å². The Morgan fingerprint density at radius 3 is 2.72 bits per heavy atom. The molecule has 1 aromatic carbocycles. The van der Waals surface area contributed by atoms with Crippen LogP contribution < -0.4 is 5.32 Å². The van der Waals surface area contributed by atoms with Crippen molar-refractivity contribution in [2.24, 2.45) is 0 Å². The smallest absolute Gasteiger partial charge is 0.0692 e. The van der Waals surface area contributed by atoms with E-state index in [9.17, 15) is 0 Å². The van der Waals surface area contributed by atoms with Crippen LogP contribution in [0.1, 0.15) is 30.5 Å². The minimum Gasteiger partial charge on any atom is -0.310 e. The molecule has 2 aromatic rings. The van der Waals surface area contributed by atoms with E-state index in [0.29, 0.717) is 6.04 Å². The SMILES string of the molecule is Cc1ccc(C(C)NCCCn2ccnn2)cc1. The molecule has 0 saturated carbocycles. The second-order valence-corrected chi connectivity index (χ2v) is 4.61. The van der Waals surface area contributed by atoms with Crippen molar-refractivity contribution < 1.29 is 0 Å². The summed E-state index contributed by atoms with van der Waals surface area (Å²) in [6.45, 7) is 6.20. The quantitative estimate of drug-likeness (QED) is 0.793. The summed E-state index contributed by atoms with van der Waals surface area (Å²) < 4.78 is 1.86. The number of nitrogens with zero attached hydrogens (tertiary/aromatic N) is 3. The van der Waals surface area contributed by atoms with Crippen molar-refractivity contribution in [3.05, 3.63) is 47.8 Å². The van der Waals surface area contributed by atoms with Crippen molar-refractivity contribution in [3.63, 3.8) is 0 Å². The number of benzene rings is 1. The van der Waals surface area contributed by atoms with E-state index in [1.165, 1.54) is 11.1 Å². The molecule has 18 heavy (non-hydrogen) atoms. The van der Waals surface area contributed by atoms with E-state index in [0.717, 1.165) is 19.5 Å². The van der Waals surface area contributed by atoms with Gasteiger partial charge in [-0.1, -0.05) is 35.0 Å². The Bertz CT molecular complexity index is 447. The van der Waals surface area contributed by atoms with Crippen LogP contribution in [0.5, 0.6) is 0 Å². The molecule has 0 saturated heterocycles. The summed E-state index contributed by atoms with van der Waals surface area (Å²) in [4.78, 5) is 0. The van der Waals surface area contributed by atoms with Gasteiger partial charge in [0.25, 0.3) is 0 Å². The van der Waals surface area contributed by atoms with Crippen LogP contribution in [-0.4, -0.2) is 21.5 Å². The molecular formula is C14H20N4. The van der Waals surface area contributed by atoms with Crippen molar-refractivity contribution in [2.45, 2.75) is 32.9 Å². The predicted octanol–water partition coefficient (Wildman–Crippen LogP) is 2.33. The van der Waals surface area contributed by atoms with Gasteiger partial charge in [0.2, 0.25) is 0 Å². The molecule has 1 unspecified atom stereocenters. The van der Waals surface area contributed by atoms with E-state index in [4.69, 9.17) is 0 Å². The van der Waals surface area contributed by atoms with Gasteiger partial charge in [0.05, 0.1) is 6.20 Å². The van der Waals surface area contributed by atoms with Crippen LogP contribution in [0.2, 0.25) is 0 Å². The monoisotopic (exact) mass is 244 g/mol. The number of hydrogen-bond acceptors (Lipinski definition) is 3. The zero-order valence-corrected chi connectivity index (χ0v) is 11.0. The van der Waals surface area contributed by atoms with Crippen LogP contribution in [-0.2, 0) is 6.54 Å². The molecule has 2 rings (SSSR count). The molecule has 0 aliphatic rings. The van der Waals surface area contributed by atoms with Gasteiger partial charge in [-0.25, -0.2) is 0 Å². The van der Waals surface area contributed by atoms with Crippen LogP contribution >= 0.6 is 0 Å². The fourth-order valence-electron chi connectivity index (χ4n) is 1.88. The van der Waals surface area contributed by atoms with Crippen LogP contribution in [0.15, 0.2) is 36.7 Å². The molecule has 0 aliphatic carbocycles. The molecule has 4 heteroatoms. The molecule has 0 spiro atoms. The van der Waals surface area contributed by atoms with Crippen LogP contribution in [0, 0.1) is 6.92 Å². The lowest BCUT2D eigenvalue weighted by molar-refractivity contribution is 0.499. The van der Waals surface area contributed by atoms with Gasteiger partial charge in [-0.15, -0.1) is 5.10 Å². The first-order valence-corrected chi connectivity index (χ1v) is 6.40. The summed E-state index contributed by atoms with van der Waals surface area (Å²) in [7, 11) is 0. The van der Waals surface area contributed by atoms with Crippen molar-refractivity contribution in [2.75, 3.05) is 6.54 Å². The van der Waals surface area contributed by atoms with Crippen molar-refractivity contribution >= 4 is 0 Å². The average molecular weight is 244 g/mol. The van der Waals surface area contributed by atoms with Gasteiger partial charge in [0.15, 0.2) is 0 Å². The minimum atomic E-state index is 0.390. The normalized spacial score (nSPS) is 12.6. The Kier molecular flexibility index (Phi) is 4.47. The molecule has 0 aliphatic heterocycles. The first kappa shape index (κ1) is 12.8. The molecule has 1 aromatic heterocycles. The number of aromatic nitrogens is 3. The summed E-state index contributed by atoms with van der Waals surface area (Å²) in [5.74, 6) is 0. The zero-order chi connectivity index (χ0) is 12.8. The van der Waals surface area contributed by atoms with E-state index in [-0.39, 0.29) is 0 Å². The van der Waals surface area contributed by atoms with Gasteiger partial charge >= 0.3 is 0 Å². The van der Waals surface area contributed by atoms with Crippen molar-refractivity contribution in [1.29, 1.82) is 0 Å². The Morgan fingerprint density at radius 2 is 2.06 bits per heavy atom. The zero-order valence-electron chi connectivity index (χ0n) is 11.0. The summed E-state index contributed by atoms with van der Waals surface area (Å²) >= 11 is 0. The van der Waals surface area contributed by atoms with Crippen LogP contribution in [0.4, 0.5) is 0 Å². The highest BCUT2D eigenvalue weighted by atomic mass is 15.4. The maximum absolute atomic E-state index is 3.94. The van der Waals surface area contributed by atoms with E-state index in [2.05, 4.69) is 53.7 Å². The maximum Gasteiger partial charge on any atom is 0.0692 e. The maximum atomic E-state index is 3.94. The van der Waals surface area contributed by atoms with Gasteiger partial charge in [-0.2, -0.15) is 0 Å². The summed E-state index contributed by atoms with van der Waals surface area (Å²) in [6, 6.07) is 9.07. The Morgan fingerprint density at radius 1 is 1.28 bits per heavy atom. The van der Waals surface area contributed by atoms with Gasteiger partial charge < -0.3 is 5.32 Å². The molecule has 0 fully saturated rings. The van der Waals surface area contributed by atoms with Gasteiger partial charge in [0, 0.05) is 18.8 Å². The van der Waals surface area contributed by atoms with Crippen molar-refractivity contribution in [1.82, 2.24) is 20.3 Å². The summed E-state index contributed by atoms with van der Waals surface area (Å²) in [5, 5.41) is 11.2. The van der Waals surface area contributed by atoms with Gasteiger partial charge in [-0.3, -0.25) is 4.68 Å². The first-order chi connectivity index (χ1) is 8.75. The molecule has 1 heterocycles. The second kappa shape index (κ2) is 6.31. The summed E-state index contributed by atoms with van der Waals surface area (Å²) in [6.07, 6.45) is 4.66. The highest BCUT2D eigenvalue weighted by Crippen LogP contribution is 2.12. The standard InChI is InChI=1S/C14H20N4/c1-12-4-6-14(7-5-12)13(2)15-8-3-10-18-11-9-16-17-18/h4-7,9,11,13,15H,3,8,10H2,1-2H3. The third-order valence-corrected chi connectivity index (χ3v) is 3.06. The number of aryl methyl sites for hydroxylation is 2. The number of nitrogens with one attached hydrogen (secondary N) is 1. The van der Waals surface area contributed by atoms with E-state index >= 15 is 0 Å². The third kappa shape index (κ3) is 3.67. The highest BCUT2D eigenvalue weighted by molar-refractivity contribution is 5.23. The Hall–Kier alpha value is -1.68. The molecule has 0 radical (unpaired) electrons. The Labute approximate surface area is 108 Å². The van der Waals surface area contributed by atoms with Crippen LogP contribution in [0.3, 0.4) is 0 Å². The lowest BCUT2D eigenvalue weighted by Crippen LogP contribution is -2.21. The fraction of sp³-hybridized carbons (Fsp3) is 0.429. The molecule has 4 nitrogen and oxygen atoms in total. The molecule has 0 bridgehead atoms. The summed E-state index contributed by atoms with van der Waals surface area (Å²) in [5.41, 5.74) is 2.64. The lowest BCUT2D eigenvalue weighted by Gasteiger charge is -2.14. The molecule has 1 N–H and O–H groups in total. The Balaban J connectivity index is 1.71. The predicted molar refractivity (Wildman–Crippen MR) is 72.2 cm³/mol. The van der Waals surface area contributed by atoms with Crippen molar-refractivity contribution in [3.8, 4) is 0 Å². The molecule has 96 valence electrons. The second-order valence-electron chi connectivity index (χ2n) is 4.61. The van der Waals surface area contributed by atoms with E-state index in [1.807, 2.05) is 10.9 Å². The minimum absolute atomic E-state index is 0.390. The number of rotatable bonds is 6. The molecule has 1 atom stereocenters. The third-order valence-electron chi connectivity index (χ3n) is 3.06. The fourth-order valence-corrected chi connectivity index (χ4v) is 1.88. The van der Waals surface area contributed by atoms with E-state index in [1.54, 1.807) is 6.20 Å². The first-order valence-electron chi connectivity index (χ1n) is 6.40. The largest absolute Gasteiger partial charge is 0.310 e. The van der Waals surface area contributed by atoms with Gasteiger partial charge in [0.1, 0.15) is 0 Å². The van der Waals surface area contributed by atoms with E-state index < -0.39 is 0 Å². The van der Waals surface area contributed by atoms with Gasteiger partial charge in [-0.05, 0) is 32.4 Å². The molecular weight excluding hydrogens is 224 g/mol. The topological polar surface area (TPSA) is 42.7 Å². The lowest BCUT2D eigenvalue weighted by atomic mass is 10.1. The highest BCUT2D eigenvalue weighted by Gasteiger charge is 2.03. The number of hydrogen-bond donors (Lipinski definition) is 1. The average Bonchev–Trinajstić information content (AvgIpc) is 2.88.